The minimum Gasteiger partial charge on any atom is -0.345 e. The van der Waals surface area contributed by atoms with Crippen molar-refractivity contribution in [1.29, 1.82) is 0 Å². The summed E-state index contributed by atoms with van der Waals surface area (Å²) in [5.74, 6) is 0.624. The molecule has 0 spiro atoms. The van der Waals surface area contributed by atoms with Crippen molar-refractivity contribution >= 4 is 11.6 Å². The Bertz CT molecular complexity index is 712. The zero-order valence-electron chi connectivity index (χ0n) is 10.9. The van der Waals surface area contributed by atoms with E-state index in [1.165, 1.54) is 6.20 Å². The normalized spacial score (nSPS) is 10.4. The van der Waals surface area contributed by atoms with Crippen LogP contribution in [0.25, 0.3) is 11.4 Å². The lowest BCUT2D eigenvalue weighted by atomic mass is 10.2. The molecule has 1 amide bonds. The van der Waals surface area contributed by atoms with E-state index in [1.807, 2.05) is 24.3 Å². The molecule has 0 bridgehead atoms. The Balaban J connectivity index is 1.74. The lowest BCUT2D eigenvalue weighted by Crippen LogP contribution is -2.10. The van der Waals surface area contributed by atoms with Gasteiger partial charge in [0.15, 0.2) is 0 Å². The molecule has 6 heteroatoms. The largest absolute Gasteiger partial charge is 0.345 e. The number of aromatic nitrogens is 4. The number of carbonyl (C=O) groups is 1. The number of anilines is 1. The predicted octanol–water partition coefficient (Wildman–Crippen LogP) is 2.06. The molecule has 0 fully saturated rings. The van der Waals surface area contributed by atoms with E-state index in [0.717, 1.165) is 17.1 Å². The van der Waals surface area contributed by atoms with Crippen molar-refractivity contribution in [3.8, 4) is 11.4 Å². The number of carbonyl (C=O) groups excluding carboxylic acids is 1. The summed E-state index contributed by atoms with van der Waals surface area (Å²) >= 11 is 0. The summed E-state index contributed by atoms with van der Waals surface area (Å²) in [4.78, 5) is 19.2. The van der Waals surface area contributed by atoms with Crippen LogP contribution >= 0.6 is 0 Å². The van der Waals surface area contributed by atoms with Crippen LogP contribution in [0.4, 0.5) is 5.69 Å². The second kappa shape index (κ2) is 5.00. The lowest BCUT2D eigenvalue weighted by molar-refractivity contribution is 0.102. The number of hydrogen-bond donors (Lipinski definition) is 2. The number of benzene rings is 1. The van der Waals surface area contributed by atoms with Crippen molar-refractivity contribution in [3.63, 3.8) is 0 Å². The second-order valence-electron chi connectivity index (χ2n) is 4.37. The van der Waals surface area contributed by atoms with Crippen molar-refractivity contribution in [3.05, 3.63) is 54.6 Å². The van der Waals surface area contributed by atoms with Gasteiger partial charge in [0.1, 0.15) is 5.82 Å². The molecule has 100 valence electrons. The number of hydrogen-bond acceptors (Lipinski definition) is 3. The number of amides is 1. The first-order valence-corrected chi connectivity index (χ1v) is 6.12. The van der Waals surface area contributed by atoms with E-state index in [4.69, 9.17) is 0 Å². The Kier molecular flexibility index (Phi) is 3.04. The SMILES string of the molecule is Cn1cc(C(=O)Nc2ccc(-c3ncc[nH]3)cc2)cn1. The first-order chi connectivity index (χ1) is 9.72. The summed E-state index contributed by atoms with van der Waals surface area (Å²) in [6.07, 6.45) is 6.68. The number of rotatable bonds is 3. The Morgan fingerprint density at radius 2 is 2.10 bits per heavy atom. The van der Waals surface area contributed by atoms with Gasteiger partial charge in [-0.05, 0) is 24.3 Å². The van der Waals surface area contributed by atoms with Crippen LogP contribution in [0, 0.1) is 0 Å². The fourth-order valence-electron chi connectivity index (χ4n) is 1.88. The highest BCUT2D eigenvalue weighted by atomic mass is 16.1. The third-order valence-electron chi connectivity index (χ3n) is 2.88. The standard InChI is InChI=1S/C14H13N5O/c1-19-9-11(8-17-19)14(20)18-12-4-2-10(3-5-12)13-15-6-7-16-13/h2-9H,1H3,(H,15,16)(H,18,20). The van der Waals surface area contributed by atoms with Crippen molar-refractivity contribution in [2.75, 3.05) is 5.32 Å². The van der Waals surface area contributed by atoms with E-state index in [2.05, 4.69) is 20.4 Å². The quantitative estimate of drug-likeness (QED) is 0.762. The third-order valence-corrected chi connectivity index (χ3v) is 2.88. The van der Waals surface area contributed by atoms with E-state index in [-0.39, 0.29) is 5.91 Å². The van der Waals surface area contributed by atoms with E-state index < -0.39 is 0 Å². The van der Waals surface area contributed by atoms with Crippen LogP contribution in [0.5, 0.6) is 0 Å². The zero-order valence-corrected chi connectivity index (χ0v) is 10.9. The van der Waals surface area contributed by atoms with Crippen molar-refractivity contribution in [1.82, 2.24) is 19.7 Å². The van der Waals surface area contributed by atoms with Crippen LogP contribution in [0.3, 0.4) is 0 Å². The number of nitrogens with zero attached hydrogens (tertiary/aromatic N) is 3. The molecule has 3 rings (SSSR count). The van der Waals surface area contributed by atoms with Crippen LogP contribution in [0.15, 0.2) is 49.1 Å². The smallest absolute Gasteiger partial charge is 0.258 e. The average Bonchev–Trinajstić information content (AvgIpc) is 3.10. The highest BCUT2D eigenvalue weighted by Gasteiger charge is 2.08. The van der Waals surface area contributed by atoms with E-state index in [0.29, 0.717) is 5.56 Å². The Morgan fingerprint density at radius 3 is 2.70 bits per heavy atom. The summed E-state index contributed by atoms with van der Waals surface area (Å²) in [6, 6.07) is 7.48. The van der Waals surface area contributed by atoms with Crippen LogP contribution < -0.4 is 5.32 Å². The summed E-state index contributed by atoms with van der Waals surface area (Å²) < 4.78 is 1.59. The van der Waals surface area contributed by atoms with Gasteiger partial charge in [0.05, 0.1) is 11.8 Å². The van der Waals surface area contributed by atoms with Crippen LogP contribution in [0.1, 0.15) is 10.4 Å². The Hall–Kier alpha value is -2.89. The molecule has 2 heterocycles. The van der Waals surface area contributed by atoms with Gasteiger partial charge < -0.3 is 10.3 Å². The van der Waals surface area contributed by atoms with Crippen molar-refractivity contribution in [2.45, 2.75) is 0 Å². The topological polar surface area (TPSA) is 75.6 Å². The molecular formula is C14H13N5O. The molecule has 1 aromatic carbocycles. The van der Waals surface area contributed by atoms with Gasteiger partial charge in [-0.1, -0.05) is 0 Å². The molecule has 2 N–H and O–H groups in total. The fourth-order valence-corrected chi connectivity index (χ4v) is 1.88. The maximum atomic E-state index is 12.0. The Labute approximate surface area is 115 Å². The molecule has 20 heavy (non-hydrogen) atoms. The molecule has 0 unspecified atom stereocenters. The van der Waals surface area contributed by atoms with Gasteiger partial charge in [0, 0.05) is 36.9 Å². The van der Waals surface area contributed by atoms with Crippen molar-refractivity contribution < 1.29 is 4.79 Å². The van der Waals surface area contributed by atoms with Crippen molar-refractivity contribution in [2.24, 2.45) is 7.05 Å². The maximum absolute atomic E-state index is 12.0. The minimum atomic E-state index is -0.177. The molecule has 0 aliphatic rings. The van der Waals surface area contributed by atoms with Crippen LogP contribution in [0.2, 0.25) is 0 Å². The molecule has 0 aliphatic carbocycles. The van der Waals surface area contributed by atoms with E-state index >= 15 is 0 Å². The maximum Gasteiger partial charge on any atom is 0.258 e. The molecule has 0 radical (unpaired) electrons. The number of H-pyrrole nitrogens is 1. The average molecular weight is 267 g/mol. The van der Waals surface area contributed by atoms with Gasteiger partial charge in [0.2, 0.25) is 0 Å². The number of imidazole rings is 1. The van der Waals surface area contributed by atoms with Crippen LogP contribution in [-0.2, 0) is 7.05 Å². The molecule has 0 saturated carbocycles. The van der Waals surface area contributed by atoms with Crippen LogP contribution in [-0.4, -0.2) is 25.7 Å². The molecule has 0 saturated heterocycles. The summed E-state index contributed by atoms with van der Waals surface area (Å²) in [5.41, 5.74) is 2.23. The highest BCUT2D eigenvalue weighted by molar-refractivity contribution is 6.04. The molecule has 6 nitrogen and oxygen atoms in total. The fraction of sp³-hybridized carbons (Fsp3) is 0.0714. The van der Waals surface area contributed by atoms with Gasteiger partial charge in [0.25, 0.3) is 5.91 Å². The van der Waals surface area contributed by atoms with Gasteiger partial charge in [-0.25, -0.2) is 4.98 Å². The summed E-state index contributed by atoms with van der Waals surface area (Å²) in [7, 11) is 1.77. The zero-order chi connectivity index (χ0) is 13.9. The van der Waals surface area contributed by atoms with Gasteiger partial charge in [-0.2, -0.15) is 5.10 Å². The predicted molar refractivity (Wildman–Crippen MR) is 75.2 cm³/mol. The number of aromatic amines is 1. The molecule has 3 aromatic rings. The molecule has 2 aromatic heterocycles. The highest BCUT2D eigenvalue weighted by Crippen LogP contribution is 2.18. The van der Waals surface area contributed by atoms with E-state index in [1.54, 1.807) is 30.3 Å². The first kappa shape index (κ1) is 12.2. The van der Waals surface area contributed by atoms with E-state index in [9.17, 15) is 4.79 Å². The number of aryl methyl sites for hydroxylation is 1. The molecule has 0 aliphatic heterocycles. The molecular weight excluding hydrogens is 254 g/mol. The summed E-state index contributed by atoms with van der Waals surface area (Å²) in [6.45, 7) is 0. The first-order valence-electron chi connectivity index (χ1n) is 6.12. The minimum absolute atomic E-state index is 0.177. The second-order valence-corrected chi connectivity index (χ2v) is 4.37. The Morgan fingerprint density at radius 1 is 1.30 bits per heavy atom. The van der Waals surface area contributed by atoms with Gasteiger partial charge in [-0.15, -0.1) is 0 Å². The van der Waals surface area contributed by atoms with Gasteiger partial charge in [-0.3, -0.25) is 9.48 Å². The summed E-state index contributed by atoms with van der Waals surface area (Å²) in [5, 5.41) is 6.79. The monoisotopic (exact) mass is 267 g/mol. The van der Waals surface area contributed by atoms with Gasteiger partial charge >= 0.3 is 0 Å². The molecule has 0 atom stereocenters. The number of nitrogens with one attached hydrogen (secondary N) is 2. The third kappa shape index (κ3) is 2.44. The lowest BCUT2D eigenvalue weighted by Gasteiger charge is -2.04.